The summed E-state index contributed by atoms with van der Waals surface area (Å²) in [6.45, 7) is 3.10. The Bertz CT molecular complexity index is 921. The number of aryl methyl sites for hydroxylation is 1. The van der Waals surface area contributed by atoms with Crippen molar-refractivity contribution in [2.75, 3.05) is 21.1 Å². The molecule has 2 heterocycles. The summed E-state index contributed by atoms with van der Waals surface area (Å²) in [5, 5.41) is 7.72. The predicted molar refractivity (Wildman–Crippen MR) is 131 cm³/mol. The Hall–Kier alpha value is -2.33. The maximum absolute atomic E-state index is 5.46. The third-order valence-electron chi connectivity index (χ3n) is 4.75. The number of aliphatic imine (C=N–C) groups is 1. The fraction of sp³-hybridized carbons (Fsp3) is 0.364. The van der Waals surface area contributed by atoms with Crippen molar-refractivity contribution in [2.24, 2.45) is 12.0 Å². The van der Waals surface area contributed by atoms with Crippen molar-refractivity contribution in [2.45, 2.75) is 26.2 Å². The second kappa shape index (κ2) is 11.8. The van der Waals surface area contributed by atoms with E-state index in [1.165, 1.54) is 11.1 Å². The minimum absolute atomic E-state index is 0. The van der Waals surface area contributed by atoms with Crippen molar-refractivity contribution in [3.8, 4) is 0 Å². The second-order valence-electron chi connectivity index (χ2n) is 7.30. The van der Waals surface area contributed by atoms with E-state index < -0.39 is 0 Å². The molecular formula is C22H31IN6O. The average molecular weight is 522 g/mol. The van der Waals surface area contributed by atoms with Crippen LogP contribution in [-0.4, -0.2) is 46.7 Å². The highest BCUT2D eigenvalue weighted by molar-refractivity contribution is 14.0. The molecule has 0 saturated carbocycles. The van der Waals surface area contributed by atoms with Gasteiger partial charge in [-0.15, -0.1) is 24.0 Å². The van der Waals surface area contributed by atoms with Crippen LogP contribution in [0, 0.1) is 0 Å². The third kappa shape index (κ3) is 6.88. The van der Waals surface area contributed by atoms with E-state index in [0.29, 0.717) is 0 Å². The topological polar surface area (TPSA) is 61.8 Å². The number of halogens is 1. The first-order valence-corrected chi connectivity index (χ1v) is 9.72. The zero-order valence-corrected chi connectivity index (χ0v) is 20.4. The van der Waals surface area contributed by atoms with Crippen LogP contribution in [-0.2, 0) is 33.2 Å². The highest BCUT2D eigenvalue weighted by atomic mass is 127. The summed E-state index contributed by atoms with van der Waals surface area (Å²) in [5.74, 6) is 1.83. The van der Waals surface area contributed by atoms with Gasteiger partial charge in [-0.2, -0.15) is 5.10 Å². The molecule has 7 nitrogen and oxygen atoms in total. The first-order chi connectivity index (χ1) is 14.0. The zero-order chi connectivity index (χ0) is 20.6. The van der Waals surface area contributed by atoms with Crippen LogP contribution in [0.1, 0.15) is 22.5 Å². The molecule has 0 fully saturated rings. The number of rotatable bonds is 8. The van der Waals surface area contributed by atoms with Crippen LogP contribution in [0.4, 0.5) is 0 Å². The summed E-state index contributed by atoms with van der Waals surface area (Å²) in [7, 11) is 7.88. The van der Waals surface area contributed by atoms with Gasteiger partial charge in [0.25, 0.3) is 0 Å². The third-order valence-corrected chi connectivity index (χ3v) is 4.75. The SMILES string of the molecule is CN=C(NCc1ccccc1CN(C)Cc1ccco1)N(C)Cc1cnn(C)c1.I. The lowest BCUT2D eigenvalue weighted by Gasteiger charge is -2.23. The Labute approximate surface area is 195 Å². The summed E-state index contributed by atoms with van der Waals surface area (Å²) >= 11 is 0. The molecule has 0 radical (unpaired) electrons. The van der Waals surface area contributed by atoms with E-state index >= 15 is 0 Å². The van der Waals surface area contributed by atoms with Crippen molar-refractivity contribution in [3.63, 3.8) is 0 Å². The number of nitrogens with one attached hydrogen (secondary N) is 1. The standard InChI is InChI=1S/C22H30N6O.HI/c1-23-22(27(3)14-18-12-25-28(4)15-18)24-13-19-8-5-6-9-20(19)16-26(2)17-21-10-7-11-29-21;/h5-12,15H,13-14,16-17H2,1-4H3,(H,23,24);1H. The number of benzene rings is 1. The molecule has 1 aromatic carbocycles. The van der Waals surface area contributed by atoms with Gasteiger partial charge < -0.3 is 14.6 Å². The first kappa shape index (κ1) is 23.9. The maximum Gasteiger partial charge on any atom is 0.193 e. The molecule has 0 atom stereocenters. The van der Waals surface area contributed by atoms with E-state index in [1.807, 2.05) is 50.4 Å². The number of aromatic nitrogens is 2. The first-order valence-electron chi connectivity index (χ1n) is 9.72. The van der Waals surface area contributed by atoms with Crippen molar-refractivity contribution in [3.05, 3.63) is 77.5 Å². The van der Waals surface area contributed by atoms with E-state index in [2.05, 4.69) is 56.5 Å². The predicted octanol–water partition coefficient (Wildman–Crippen LogP) is 3.47. The molecule has 30 heavy (non-hydrogen) atoms. The van der Waals surface area contributed by atoms with Gasteiger partial charge in [0.15, 0.2) is 5.96 Å². The Morgan fingerprint density at radius 2 is 1.87 bits per heavy atom. The summed E-state index contributed by atoms with van der Waals surface area (Å²) in [5.41, 5.74) is 3.70. The molecule has 0 aliphatic rings. The van der Waals surface area contributed by atoms with E-state index in [9.17, 15) is 0 Å². The van der Waals surface area contributed by atoms with Gasteiger partial charge in [-0.1, -0.05) is 24.3 Å². The molecule has 0 unspecified atom stereocenters. The molecule has 0 amide bonds. The van der Waals surface area contributed by atoms with E-state index in [4.69, 9.17) is 4.42 Å². The number of nitrogens with zero attached hydrogens (tertiary/aromatic N) is 5. The van der Waals surface area contributed by atoms with Crippen molar-refractivity contribution < 1.29 is 4.42 Å². The van der Waals surface area contributed by atoms with Gasteiger partial charge in [-0.25, -0.2) is 0 Å². The van der Waals surface area contributed by atoms with Gasteiger partial charge in [0.05, 0.1) is 19.0 Å². The molecule has 2 aromatic heterocycles. The van der Waals surface area contributed by atoms with Gasteiger partial charge in [0, 0.05) is 52.5 Å². The second-order valence-corrected chi connectivity index (χ2v) is 7.30. The lowest BCUT2D eigenvalue weighted by molar-refractivity contribution is 0.287. The van der Waals surface area contributed by atoms with E-state index in [-0.39, 0.29) is 24.0 Å². The fourth-order valence-corrected chi connectivity index (χ4v) is 3.36. The smallest absolute Gasteiger partial charge is 0.193 e. The normalized spacial score (nSPS) is 11.4. The monoisotopic (exact) mass is 522 g/mol. The lowest BCUT2D eigenvalue weighted by Crippen LogP contribution is -2.38. The zero-order valence-electron chi connectivity index (χ0n) is 18.1. The quantitative estimate of drug-likeness (QED) is 0.279. The Kier molecular flexibility index (Phi) is 9.38. The van der Waals surface area contributed by atoms with Crippen LogP contribution in [0.15, 0.2) is 64.5 Å². The molecule has 0 aliphatic carbocycles. The maximum atomic E-state index is 5.46. The van der Waals surface area contributed by atoms with Crippen LogP contribution in [0.2, 0.25) is 0 Å². The molecule has 0 aliphatic heterocycles. The molecule has 8 heteroatoms. The van der Waals surface area contributed by atoms with Crippen molar-refractivity contribution in [1.82, 2.24) is 24.9 Å². The van der Waals surface area contributed by atoms with Gasteiger partial charge in [-0.05, 0) is 30.3 Å². The number of guanidine groups is 1. The summed E-state index contributed by atoms with van der Waals surface area (Å²) in [6, 6.07) is 12.4. The largest absolute Gasteiger partial charge is 0.468 e. The van der Waals surface area contributed by atoms with Crippen molar-refractivity contribution in [1.29, 1.82) is 0 Å². The number of hydrogen-bond acceptors (Lipinski definition) is 4. The van der Waals surface area contributed by atoms with Crippen LogP contribution in [0.5, 0.6) is 0 Å². The highest BCUT2D eigenvalue weighted by Crippen LogP contribution is 2.13. The van der Waals surface area contributed by atoms with Crippen LogP contribution in [0.3, 0.4) is 0 Å². The summed E-state index contributed by atoms with van der Waals surface area (Å²) in [4.78, 5) is 8.78. The van der Waals surface area contributed by atoms with Gasteiger partial charge in [0.1, 0.15) is 5.76 Å². The van der Waals surface area contributed by atoms with Crippen LogP contribution >= 0.6 is 24.0 Å². The van der Waals surface area contributed by atoms with Crippen LogP contribution < -0.4 is 5.32 Å². The van der Waals surface area contributed by atoms with Gasteiger partial charge >= 0.3 is 0 Å². The van der Waals surface area contributed by atoms with Crippen molar-refractivity contribution >= 4 is 29.9 Å². The van der Waals surface area contributed by atoms with Gasteiger partial charge in [0.2, 0.25) is 0 Å². The van der Waals surface area contributed by atoms with E-state index in [0.717, 1.165) is 43.5 Å². The molecular weight excluding hydrogens is 491 g/mol. The molecule has 0 spiro atoms. The molecule has 0 bridgehead atoms. The Morgan fingerprint density at radius 3 is 2.50 bits per heavy atom. The Balaban J connectivity index is 0.00000320. The fourth-order valence-electron chi connectivity index (χ4n) is 3.36. The summed E-state index contributed by atoms with van der Waals surface area (Å²) in [6.07, 6.45) is 5.62. The number of hydrogen-bond donors (Lipinski definition) is 1. The van der Waals surface area contributed by atoms with Crippen LogP contribution in [0.25, 0.3) is 0 Å². The van der Waals surface area contributed by atoms with E-state index in [1.54, 1.807) is 6.26 Å². The molecule has 162 valence electrons. The molecule has 3 aromatic rings. The number of furan rings is 1. The molecule has 3 rings (SSSR count). The molecule has 1 N–H and O–H groups in total. The summed E-state index contributed by atoms with van der Waals surface area (Å²) < 4.78 is 7.28. The van der Waals surface area contributed by atoms with Gasteiger partial charge in [-0.3, -0.25) is 14.6 Å². The highest BCUT2D eigenvalue weighted by Gasteiger charge is 2.11. The minimum Gasteiger partial charge on any atom is -0.468 e. The average Bonchev–Trinajstić information content (AvgIpc) is 3.35. The molecule has 0 saturated heterocycles. The minimum atomic E-state index is 0. The lowest BCUT2D eigenvalue weighted by atomic mass is 10.1. The Morgan fingerprint density at radius 1 is 1.10 bits per heavy atom.